The summed E-state index contributed by atoms with van der Waals surface area (Å²) in [7, 11) is 0. The highest BCUT2D eigenvalue weighted by Crippen LogP contribution is 2.68. The Hall–Kier alpha value is -1.38. The van der Waals surface area contributed by atoms with Crippen LogP contribution in [-0.4, -0.2) is 12.6 Å². The van der Waals surface area contributed by atoms with Crippen molar-refractivity contribution in [2.24, 2.45) is 5.41 Å². The molecule has 15 heavy (non-hydrogen) atoms. The van der Waals surface area contributed by atoms with Gasteiger partial charge in [0.25, 0.3) is 0 Å². The summed E-state index contributed by atoms with van der Waals surface area (Å²) < 4.78 is 17.9. The molecule has 1 heterocycles. The van der Waals surface area contributed by atoms with Crippen LogP contribution in [0.4, 0.5) is 4.39 Å². The normalized spacial score (nSPS) is 37.3. The standard InChI is InChI=1S/C12H11FO2/c1-11-6-12(11,10(14)15-7-11)8-2-4-9(13)5-3-8/h2-5H,6-7H2,1H3/t11-,12-/m1/s1. The lowest BCUT2D eigenvalue weighted by Gasteiger charge is -2.10. The fraction of sp³-hybridized carbons (Fsp3) is 0.417. The maximum atomic E-state index is 12.8. The Morgan fingerprint density at radius 3 is 2.47 bits per heavy atom. The van der Waals surface area contributed by atoms with Crippen molar-refractivity contribution in [2.75, 3.05) is 6.61 Å². The first-order valence-corrected chi connectivity index (χ1v) is 5.02. The van der Waals surface area contributed by atoms with E-state index in [4.69, 9.17) is 4.74 Å². The number of halogens is 1. The Morgan fingerprint density at radius 2 is 2.00 bits per heavy atom. The number of esters is 1. The van der Waals surface area contributed by atoms with Gasteiger partial charge in [-0.3, -0.25) is 4.79 Å². The molecule has 1 aliphatic heterocycles. The fourth-order valence-electron chi connectivity index (χ4n) is 2.68. The number of ether oxygens (including phenoxy) is 1. The third kappa shape index (κ3) is 0.907. The summed E-state index contributed by atoms with van der Waals surface area (Å²) in [5.74, 6) is -0.430. The first kappa shape index (κ1) is 8.89. The molecule has 2 atom stereocenters. The van der Waals surface area contributed by atoms with Gasteiger partial charge in [0.1, 0.15) is 11.2 Å². The number of benzene rings is 1. The molecule has 0 bridgehead atoms. The lowest BCUT2D eigenvalue weighted by molar-refractivity contribution is -0.142. The van der Waals surface area contributed by atoms with E-state index in [0.29, 0.717) is 6.61 Å². The van der Waals surface area contributed by atoms with E-state index in [1.807, 2.05) is 6.92 Å². The van der Waals surface area contributed by atoms with Gasteiger partial charge in [-0.25, -0.2) is 4.39 Å². The van der Waals surface area contributed by atoms with Gasteiger partial charge in [-0.05, 0) is 24.1 Å². The number of hydrogen-bond acceptors (Lipinski definition) is 2. The van der Waals surface area contributed by atoms with Gasteiger partial charge in [0, 0.05) is 5.41 Å². The fourth-order valence-corrected chi connectivity index (χ4v) is 2.68. The summed E-state index contributed by atoms with van der Waals surface area (Å²) in [6.07, 6.45) is 0.824. The van der Waals surface area contributed by atoms with E-state index in [9.17, 15) is 9.18 Å². The van der Waals surface area contributed by atoms with Crippen LogP contribution in [0.3, 0.4) is 0 Å². The first-order valence-electron chi connectivity index (χ1n) is 5.02. The molecule has 3 rings (SSSR count). The highest BCUT2D eigenvalue weighted by atomic mass is 19.1. The molecule has 1 saturated carbocycles. The molecule has 2 nitrogen and oxygen atoms in total. The monoisotopic (exact) mass is 206 g/mol. The molecule has 1 saturated heterocycles. The molecule has 0 amide bonds. The quantitative estimate of drug-likeness (QED) is 0.657. The number of hydrogen-bond donors (Lipinski definition) is 0. The van der Waals surface area contributed by atoms with Crippen LogP contribution in [0.15, 0.2) is 24.3 Å². The number of fused-ring (bicyclic) bond motifs is 1. The van der Waals surface area contributed by atoms with Crippen molar-refractivity contribution in [1.29, 1.82) is 0 Å². The zero-order chi connectivity index (χ0) is 10.7. The van der Waals surface area contributed by atoms with Crippen LogP contribution in [0.25, 0.3) is 0 Å². The van der Waals surface area contributed by atoms with Gasteiger partial charge in [0.15, 0.2) is 0 Å². The summed E-state index contributed by atoms with van der Waals surface area (Å²) in [6.45, 7) is 2.53. The second-order valence-electron chi connectivity index (χ2n) is 4.73. The zero-order valence-electron chi connectivity index (χ0n) is 8.42. The van der Waals surface area contributed by atoms with E-state index in [2.05, 4.69) is 0 Å². The Labute approximate surface area is 87.0 Å². The van der Waals surface area contributed by atoms with Crippen molar-refractivity contribution in [3.63, 3.8) is 0 Å². The molecule has 3 heteroatoms. The van der Waals surface area contributed by atoms with Crippen LogP contribution in [0, 0.1) is 11.2 Å². The Bertz CT molecular complexity index is 439. The second kappa shape index (κ2) is 2.40. The third-order valence-corrected chi connectivity index (χ3v) is 3.77. The molecule has 2 fully saturated rings. The molecular formula is C12H11FO2. The average molecular weight is 206 g/mol. The summed E-state index contributed by atoms with van der Waals surface area (Å²) in [6, 6.07) is 6.17. The highest BCUT2D eigenvalue weighted by molar-refractivity contribution is 5.91. The topological polar surface area (TPSA) is 26.3 Å². The lowest BCUT2D eigenvalue weighted by atomic mass is 9.89. The number of carbonyl (C=O) groups is 1. The lowest BCUT2D eigenvalue weighted by Crippen LogP contribution is -2.20. The van der Waals surface area contributed by atoms with E-state index < -0.39 is 5.41 Å². The van der Waals surface area contributed by atoms with Crippen LogP contribution in [0.5, 0.6) is 0 Å². The van der Waals surface area contributed by atoms with Gasteiger partial charge in [0.05, 0.1) is 6.61 Å². The predicted octanol–water partition coefficient (Wildman–Crippen LogP) is 2.03. The van der Waals surface area contributed by atoms with Gasteiger partial charge < -0.3 is 4.74 Å². The van der Waals surface area contributed by atoms with Crippen molar-refractivity contribution in [1.82, 2.24) is 0 Å². The third-order valence-electron chi connectivity index (χ3n) is 3.77. The maximum absolute atomic E-state index is 12.8. The molecule has 1 aromatic carbocycles. The molecule has 0 spiro atoms. The number of carbonyl (C=O) groups excluding carboxylic acids is 1. The second-order valence-corrected chi connectivity index (χ2v) is 4.73. The Morgan fingerprint density at radius 1 is 1.33 bits per heavy atom. The molecule has 0 unspecified atom stereocenters. The largest absolute Gasteiger partial charge is 0.464 e. The van der Waals surface area contributed by atoms with Gasteiger partial charge in [-0.2, -0.15) is 0 Å². The van der Waals surface area contributed by atoms with Gasteiger partial charge in [-0.1, -0.05) is 19.1 Å². The molecule has 2 aliphatic rings. The van der Waals surface area contributed by atoms with Crippen LogP contribution >= 0.6 is 0 Å². The molecular weight excluding hydrogens is 195 g/mol. The van der Waals surface area contributed by atoms with E-state index in [1.54, 1.807) is 12.1 Å². The van der Waals surface area contributed by atoms with Gasteiger partial charge in [0.2, 0.25) is 0 Å². The minimum Gasteiger partial charge on any atom is -0.464 e. The molecule has 0 radical (unpaired) electrons. The van der Waals surface area contributed by atoms with Crippen LogP contribution in [-0.2, 0) is 14.9 Å². The van der Waals surface area contributed by atoms with E-state index in [1.165, 1.54) is 12.1 Å². The SMILES string of the molecule is C[C@@]12COC(=O)[C@]1(c1ccc(F)cc1)C2. The number of cyclic esters (lactones) is 1. The van der Waals surface area contributed by atoms with Crippen LogP contribution < -0.4 is 0 Å². The van der Waals surface area contributed by atoms with Crippen molar-refractivity contribution in [2.45, 2.75) is 18.8 Å². The molecule has 78 valence electrons. The van der Waals surface area contributed by atoms with Crippen molar-refractivity contribution >= 4 is 5.97 Å². The Balaban J connectivity index is 2.08. The van der Waals surface area contributed by atoms with Crippen molar-refractivity contribution in [3.05, 3.63) is 35.6 Å². The van der Waals surface area contributed by atoms with E-state index in [0.717, 1.165) is 12.0 Å². The van der Waals surface area contributed by atoms with E-state index >= 15 is 0 Å². The molecule has 0 aromatic heterocycles. The molecule has 0 N–H and O–H groups in total. The van der Waals surface area contributed by atoms with Crippen LogP contribution in [0.2, 0.25) is 0 Å². The summed E-state index contributed by atoms with van der Waals surface area (Å²) >= 11 is 0. The number of rotatable bonds is 1. The maximum Gasteiger partial charge on any atom is 0.317 e. The minimum absolute atomic E-state index is 0.0675. The van der Waals surface area contributed by atoms with Gasteiger partial charge >= 0.3 is 5.97 Å². The van der Waals surface area contributed by atoms with Crippen molar-refractivity contribution in [3.8, 4) is 0 Å². The van der Waals surface area contributed by atoms with Gasteiger partial charge in [-0.15, -0.1) is 0 Å². The minimum atomic E-state index is -0.485. The zero-order valence-corrected chi connectivity index (χ0v) is 8.42. The van der Waals surface area contributed by atoms with Crippen molar-refractivity contribution < 1.29 is 13.9 Å². The summed E-state index contributed by atoms with van der Waals surface area (Å²) in [5.41, 5.74) is 0.330. The van der Waals surface area contributed by atoms with E-state index in [-0.39, 0.29) is 17.2 Å². The van der Waals surface area contributed by atoms with Crippen LogP contribution in [0.1, 0.15) is 18.9 Å². The first-order chi connectivity index (χ1) is 7.08. The highest BCUT2D eigenvalue weighted by Gasteiger charge is 2.75. The average Bonchev–Trinajstić information content (AvgIpc) is 2.77. The smallest absolute Gasteiger partial charge is 0.317 e. The Kier molecular flexibility index (Phi) is 1.43. The summed E-state index contributed by atoms with van der Waals surface area (Å²) in [5, 5.41) is 0. The molecule has 1 aliphatic carbocycles. The molecule has 1 aromatic rings. The summed E-state index contributed by atoms with van der Waals surface area (Å²) in [4.78, 5) is 11.7. The predicted molar refractivity (Wildman–Crippen MR) is 51.8 cm³/mol.